The summed E-state index contributed by atoms with van der Waals surface area (Å²) in [5, 5.41) is 0. The molecule has 0 aliphatic carbocycles. The average Bonchev–Trinajstić information content (AvgIpc) is 2.99. The molecule has 7 nitrogen and oxygen atoms in total. The Bertz CT molecular complexity index is 639. The third-order valence-electron chi connectivity index (χ3n) is 3.75. The van der Waals surface area contributed by atoms with Gasteiger partial charge in [-0.1, -0.05) is 0 Å². The predicted octanol–water partition coefficient (Wildman–Crippen LogP) is 3.43. The Morgan fingerprint density at radius 1 is 1.35 bits per heavy atom. The Kier molecular flexibility index (Phi) is 6.45. The van der Waals surface area contributed by atoms with Gasteiger partial charge in [0, 0.05) is 12.7 Å². The lowest BCUT2D eigenvalue weighted by molar-refractivity contribution is 0.0181. The Morgan fingerprint density at radius 3 is 2.73 bits per heavy atom. The molecule has 26 heavy (non-hydrogen) atoms. The number of carbonyl (C=O) groups excluding carboxylic acids is 2. The summed E-state index contributed by atoms with van der Waals surface area (Å²) >= 11 is 0. The average molecular weight is 364 g/mol. The van der Waals surface area contributed by atoms with Crippen LogP contribution in [-0.4, -0.2) is 52.8 Å². The van der Waals surface area contributed by atoms with Gasteiger partial charge in [0.05, 0.1) is 12.1 Å². The van der Waals surface area contributed by atoms with E-state index in [2.05, 4.69) is 4.98 Å². The van der Waals surface area contributed by atoms with Gasteiger partial charge in [-0.15, -0.1) is 0 Å². The van der Waals surface area contributed by atoms with Crippen LogP contribution in [0.5, 0.6) is 5.88 Å². The highest BCUT2D eigenvalue weighted by molar-refractivity contribution is 5.91. The van der Waals surface area contributed by atoms with Crippen LogP contribution in [0.15, 0.2) is 18.3 Å². The fraction of sp³-hybridized carbons (Fsp3) is 0.632. The maximum absolute atomic E-state index is 12.3. The predicted molar refractivity (Wildman–Crippen MR) is 96.2 cm³/mol. The molecule has 0 radical (unpaired) electrons. The summed E-state index contributed by atoms with van der Waals surface area (Å²) in [4.78, 5) is 30.3. The van der Waals surface area contributed by atoms with Gasteiger partial charge >= 0.3 is 12.1 Å². The zero-order valence-corrected chi connectivity index (χ0v) is 16.2. The molecule has 1 aliphatic heterocycles. The van der Waals surface area contributed by atoms with Crippen molar-refractivity contribution in [2.75, 3.05) is 13.2 Å². The normalized spacial score (nSPS) is 17.3. The number of esters is 1. The zero-order valence-electron chi connectivity index (χ0n) is 16.2. The van der Waals surface area contributed by atoms with Gasteiger partial charge in [-0.05, 0) is 59.6 Å². The zero-order chi connectivity index (χ0) is 19.3. The molecule has 1 amide bonds. The Morgan fingerprint density at radius 2 is 2.08 bits per heavy atom. The van der Waals surface area contributed by atoms with Crippen LogP contribution in [-0.2, 0) is 9.47 Å². The van der Waals surface area contributed by atoms with Crippen LogP contribution in [0.1, 0.15) is 57.8 Å². The third-order valence-corrected chi connectivity index (χ3v) is 3.75. The summed E-state index contributed by atoms with van der Waals surface area (Å²) in [6.45, 7) is 9.97. The van der Waals surface area contributed by atoms with Crippen molar-refractivity contribution in [3.05, 3.63) is 23.9 Å². The van der Waals surface area contributed by atoms with E-state index in [1.54, 1.807) is 37.1 Å². The molecule has 0 unspecified atom stereocenters. The number of hydrogen-bond donors (Lipinski definition) is 0. The molecular weight excluding hydrogens is 336 g/mol. The van der Waals surface area contributed by atoms with Crippen molar-refractivity contribution >= 4 is 12.1 Å². The smallest absolute Gasteiger partial charge is 0.410 e. The van der Waals surface area contributed by atoms with Crippen molar-refractivity contribution in [1.82, 2.24) is 9.88 Å². The van der Waals surface area contributed by atoms with Crippen LogP contribution < -0.4 is 4.74 Å². The lowest BCUT2D eigenvalue weighted by Crippen LogP contribution is -2.42. The Labute approximate surface area is 154 Å². The number of nitrogens with zero attached hydrogens (tertiary/aromatic N) is 2. The van der Waals surface area contributed by atoms with Crippen LogP contribution in [0.2, 0.25) is 0 Å². The van der Waals surface area contributed by atoms with E-state index >= 15 is 0 Å². The molecule has 1 atom stereocenters. The second-order valence-corrected chi connectivity index (χ2v) is 7.59. The van der Waals surface area contributed by atoms with E-state index < -0.39 is 11.6 Å². The molecular formula is C19H28N2O5. The van der Waals surface area contributed by atoms with E-state index in [1.807, 2.05) is 20.8 Å². The molecule has 1 aromatic rings. The lowest BCUT2D eigenvalue weighted by atomic mass is 10.2. The highest BCUT2D eigenvalue weighted by Gasteiger charge is 2.33. The molecule has 144 valence electrons. The molecule has 0 spiro atoms. The van der Waals surface area contributed by atoms with Gasteiger partial charge in [0.25, 0.3) is 0 Å². The number of likely N-dealkylation sites (tertiary alicyclic amines) is 1. The standard InChI is InChI=1S/C19H28N2O5/c1-13(2)25-17(22)15-9-6-10-20-16(15)24-12-14-8-7-11-21(14)18(23)26-19(3,4)5/h6,9-10,13-14H,7-8,11-12H2,1-5H3/t14-/m0/s1. The van der Waals surface area contributed by atoms with Gasteiger partial charge in [0.2, 0.25) is 5.88 Å². The van der Waals surface area contributed by atoms with Gasteiger partial charge < -0.3 is 19.1 Å². The summed E-state index contributed by atoms with van der Waals surface area (Å²) in [6.07, 6.45) is 2.69. The van der Waals surface area contributed by atoms with Crippen LogP contribution in [0.3, 0.4) is 0 Å². The highest BCUT2D eigenvalue weighted by atomic mass is 16.6. The Balaban J connectivity index is 2.02. The number of aromatic nitrogens is 1. The van der Waals surface area contributed by atoms with E-state index in [9.17, 15) is 9.59 Å². The minimum absolute atomic E-state index is 0.110. The fourth-order valence-corrected chi connectivity index (χ4v) is 2.68. The van der Waals surface area contributed by atoms with Crippen molar-refractivity contribution in [2.24, 2.45) is 0 Å². The van der Waals surface area contributed by atoms with Crippen LogP contribution in [0.4, 0.5) is 4.79 Å². The van der Waals surface area contributed by atoms with E-state index in [4.69, 9.17) is 14.2 Å². The number of carbonyl (C=O) groups is 2. The van der Waals surface area contributed by atoms with Crippen molar-refractivity contribution in [3.8, 4) is 5.88 Å². The monoisotopic (exact) mass is 364 g/mol. The van der Waals surface area contributed by atoms with Crippen LogP contribution in [0, 0.1) is 0 Å². The summed E-state index contributed by atoms with van der Waals surface area (Å²) in [7, 11) is 0. The summed E-state index contributed by atoms with van der Waals surface area (Å²) in [5.41, 5.74) is -0.261. The van der Waals surface area contributed by atoms with Gasteiger partial charge in [-0.2, -0.15) is 0 Å². The third kappa shape index (κ3) is 5.61. The summed E-state index contributed by atoms with van der Waals surface area (Å²) in [6, 6.07) is 3.17. The quantitative estimate of drug-likeness (QED) is 0.745. The molecule has 0 aromatic carbocycles. The van der Waals surface area contributed by atoms with Gasteiger partial charge in [-0.3, -0.25) is 0 Å². The number of rotatable bonds is 5. The number of pyridine rings is 1. The summed E-state index contributed by atoms with van der Waals surface area (Å²) < 4.78 is 16.4. The van der Waals surface area contributed by atoms with Gasteiger partial charge in [0.1, 0.15) is 17.8 Å². The second-order valence-electron chi connectivity index (χ2n) is 7.59. The molecule has 1 aromatic heterocycles. The van der Waals surface area contributed by atoms with Crippen LogP contribution >= 0.6 is 0 Å². The SMILES string of the molecule is CC(C)OC(=O)c1cccnc1OC[C@@H]1CCCN1C(=O)OC(C)(C)C. The van der Waals surface area contributed by atoms with E-state index in [0.717, 1.165) is 12.8 Å². The largest absolute Gasteiger partial charge is 0.475 e. The first-order valence-corrected chi connectivity index (χ1v) is 8.96. The van der Waals surface area contributed by atoms with Gasteiger partial charge in [-0.25, -0.2) is 14.6 Å². The fourth-order valence-electron chi connectivity index (χ4n) is 2.68. The molecule has 1 aliphatic rings. The second kappa shape index (κ2) is 8.38. The topological polar surface area (TPSA) is 78.0 Å². The van der Waals surface area contributed by atoms with Crippen LogP contribution in [0.25, 0.3) is 0 Å². The minimum Gasteiger partial charge on any atom is -0.475 e. The maximum Gasteiger partial charge on any atom is 0.410 e. The molecule has 1 saturated heterocycles. The van der Waals surface area contributed by atoms with Crippen molar-refractivity contribution in [1.29, 1.82) is 0 Å². The highest BCUT2D eigenvalue weighted by Crippen LogP contribution is 2.23. The first kappa shape index (κ1) is 20.0. The first-order valence-electron chi connectivity index (χ1n) is 8.96. The number of ether oxygens (including phenoxy) is 3. The van der Waals surface area contributed by atoms with E-state index in [1.165, 1.54) is 0 Å². The van der Waals surface area contributed by atoms with E-state index in [0.29, 0.717) is 6.54 Å². The number of hydrogen-bond acceptors (Lipinski definition) is 6. The molecule has 1 fully saturated rings. The first-order chi connectivity index (χ1) is 12.2. The molecule has 2 rings (SSSR count). The summed E-state index contributed by atoms with van der Waals surface area (Å²) in [5.74, 6) is -0.257. The maximum atomic E-state index is 12.3. The molecule has 0 N–H and O–H groups in total. The molecule has 7 heteroatoms. The van der Waals surface area contributed by atoms with Crippen molar-refractivity contribution in [3.63, 3.8) is 0 Å². The lowest BCUT2D eigenvalue weighted by Gasteiger charge is -2.28. The number of amides is 1. The molecule has 0 saturated carbocycles. The van der Waals surface area contributed by atoms with Crippen molar-refractivity contribution in [2.45, 2.75) is 65.2 Å². The minimum atomic E-state index is -0.542. The Hall–Kier alpha value is -2.31. The van der Waals surface area contributed by atoms with Crippen molar-refractivity contribution < 1.29 is 23.8 Å². The van der Waals surface area contributed by atoms with E-state index in [-0.39, 0.29) is 36.3 Å². The molecule has 2 heterocycles. The molecule has 0 bridgehead atoms. The van der Waals surface area contributed by atoms with Gasteiger partial charge in [0.15, 0.2) is 0 Å².